The van der Waals surface area contributed by atoms with Crippen molar-refractivity contribution >= 4 is 62.6 Å². The van der Waals surface area contributed by atoms with Crippen LogP contribution in [0.15, 0.2) is 118 Å². The van der Waals surface area contributed by atoms with E-state index in [0.29, 0.717) is 24.6 Å². The maximum absolute atomic E-state index is 10.7. The van der Waals surface area contributed by atoms with Gasteiger partial charge in [-0.3, -0.25) is 9.69 Å². The van der Waals surface area contributed by atoms with E-state index in [1.165, 1.54) is 20.8 Å². The van der Waals surface area contributed by atoms with Crippen molar-refractivity contribution in [1.82, 2.24) is 4.98 Å². The molecule has 0 aliphatic rings. The van der Waals surface area contributed by atoms with Crippen molar-refractivity contribution < 1.29 is 9.21 Å². The SMILES string of the molecule is CCN(C=O)c1nc2ccc(Br)cc2o1.C[PH](c1ccccc1)(c1ccccc1)c1ccccc1. The van der Waals surface area contributed by atoms with Gasteiger partial charge in [0.1, 0.15) is 5.52 Å². The molecule has 0 bridgehead atoms. The normalized spacial score (nSPS) is 11.4. The molecule has 0 spiro atoms. The predicted molar refractivity (Wildman–Crippen MR) is 153 cm³/mol. The zero-order chi connectivity index (χ0) is 24.7. The summed E-state index contributed by atoms with van der Waals surface area (Å²) in [5.74, 6) is 0. The Balaban J connectivity index is 0.000000172. The molecule has 0 N–H and O–H groups in total. The van der Waals surface area contributed by atoms with Gasteiger partial charge in [-0.25, -0.2) is 0 Å². The number of hydrogen-bond donors (Lipinski definition) is 0. The minimum atomic E-state index is -1.88. The average molecular weight is 547 g/mol. The summed E-state index contributed by atoms with van der Waals surface area (Å²) in [7, 11) is -1.88. The number of carbonyl (C=O) groups excluding carboxylic acids is 1. The summed E-state index contributed by atoms with van der Waals surface area (Å²) in [5, 5.41) is 4.37. The Bertz CT molecular complexity index is 1280. The molecule has 0 aliphatic heterocycles. The molecule has 0 saturated heterocycles. The minimum absolute atomic E-state index is 0.334. The predicted octanol–water partition coefficient (Wildman–Crippen LogP) is 5.92. The number of fused-ring (bicyclic) bond motifs is 1. The van der Waals surface area contributed by atoms with Crippen LogP contribution < -0.4 is 20.8 Å². The molecule has 0 saturated carbocycles. The molecule has 178 valence electrons. The van der Waals surface area contributed by atoms with Crippen LogP contribution in [0.3, 0.4) is 0 Å². The Labute approximate surface area is 215 Å². The monoisotopic (exact) mass is 546 g/mol. The van der Waals surface area contributed by atoms with Crippen LogP contribution in [-0.2, 0) is 4.79 Å². The Morgan fingerprint density at radius 3 is 1.74 bits per heavy atom. The third-order valence-electron chi connectivity index (χ3n) is 6.11. The molecular weight excluding hydrogens is 519 g/mol. The second-order valence-corrected chi connectivity index (χ2v) is 13.1. The van der Waals surface area contributed by atoms with Gasteiger partial charge < -0.3 is 4.42 Å². The van der Waals surface area contributed by atoms with Crippen LogP contribution in [0.5, 0.6) is 0 Å². The van der Waals surface area contributed by atoms with Gasteiger partial charge in [0.25, 0.3) is 0 Å². The molecule has 0 unspecified atom stereocenters. The quantitative estimate of drug-likeness (QED) is 0.196. The van der Waals surface area contributed by atoms with Gasteiger partial charge in [0.15, 0.2) is 5.58 Å². The van der Waals surface area contributed by atoms with E-state index in [1.807, 2.05) is 25.1 Å². The molecule has 35 heavy (non-hydrogen) atoms. The van der Waals surface area contributed by atoms with Gasteiger partial charge in [0.05, 0.1) is 0 Å². The summed E-state index contributed by atoms with van der Waals surface area (Å²) in [6.45, 7) is 4.84. The number of carbonyl (C=O) groups is 1. The van der Waals surface area contributed by atoms with E-state index in [2.05, 4.69) is 119 Å². The first-order valence-electron chi connectivity index (χ1n) is 11.5. The summed E-state index contributed by atoms with van der Waals surface area (Å²) in [4.78, 5) is 16.3. The van der Waals surface area contributed by atoms with E-state index in [0.717, 1.165) is 9.99 Å². The third kappa shape index (κ3) is 5.53. The van der Waals surface area contributed by atoms with Crippen molar-refractivity contribution in [2.24, 2.45) is 0 Å². The summed E-state index contributed by atoms with van der Waals surface area (Å²) in [6, 6.07) is 38.6. The molecule has 1 aromatic heterocycles. The molecule has 4 aromatic carbocycles. The van der Waals surface area contributed by atoms with E-state index in [4.69, 9.17) is 4.42 Å². The second-order valence-electron chi connectivity index (χ2n) is 8.22. The molecular formula is C29H28BrN2O2P. The number of rotatable bonds is 6. The van der Waals surface area contributed by atoms with Crippen LogP contribution in [0.25, 0.3) is 11.1 Å². The first-order valence-corrected chi connectivity index (χ1v) is 14.8. The standard InChI is InChI=1S/C19H19P.C10H9BrN2O2/c1-20(17-11-5-2-6-12-17,18-13-7-3-8-14-18)19-15-9-4-10-16-19;1-2-13(6-14)10-12-8-4-3-7(11)5-9(8)15-10/h2-16,20H,1H3;3-6H,2H2,1H3. The van der Waals surface area contributed by atoms with Crippen molar-refractivity contribution in [3.8, 4) is 0 Å². The molecule has 0 fully saturated rings. The van der Waals surface area contributed by atoms with E-state index >= 15 is 0 Å². The zero-order valence-electron chi connectivity index (χ0n) is 19.8. The molecule has 1 heterocycles. The average Bonchev–Trinajstić information content (AvgIpc) is 3.33. The summed E-state index contributed by atoms with van der Waals surface area (Å²) >= 11 is 3.34. The number of benzene rings is 4. The van der Waals surface area contributed by atoms with Gasteiger partial charge in [-0.2, -0.15) is 4.98 Å². The molecule has 6 heteroatoms. The Morgan fingerprint density at radius 2 is 1.31 bits per heavy atom. The van der Waals surface area contributed by atoms with E-state index in [9.17, 15) is 4.79 Å². The topological polar surface area (TPSA) is 46.3 Å². The van der Waals surface area contributed by atoms with E-state index in [-0.39, 0.29) is 0 Å². The molecule has 0 radical (unpaired) electrons. The molecule has 0 atom stereocenters. The van der Waals surface area contributed by atoms with Crippen LogP contribution in [0.1, 0.15) is 6.92 Å². The molecule has 5 rings (SSSR count). The van der Waals surface area contributed by atoms with Gasteiger partial charge in [-0.05, 0) is 25.1 Å². The van der Waals surface area contributed by atoms with Crippen LogP contribution in [0.4, 0.5) is 6.01 Å². The zero-order valence-corrected chi connectivity index (χ0v) is 22.4. The van der Waals surface area contributed by atoms with Gasteiger partial charge >= 0.3 is 127 Å². The summed E-state index contributed by atoms with van der Waals surface area (Å²) < 4.78 is 6.37. The van der Waals surface area contributed by atoms with Crippen molar-refractivity contribution in [2.75, 3.05) is 18.1 Å². The van der Waals surface area contributed by atoms with Gasteiger partial charge in [-0.15, -0.1) is 0 Å². The van der Waals surface area contributed by atoms with E-state index < -0.39 is 7.26 Å². The van der Waals surface area contributed by atoms with Gasteiger partial charge in [0, 0.05) is 11.0 Å². The fraction of sp³-hybridized carbons (Fsp3) is 0.103. The van der Waals surface area contributed by atoms with Gasteiger partial charge in [-0.1, -0.05) is 15.9 Å². The number of hydrogen-bond acceptors (Lipinski definition) is 3. The fourth-order valence-corrected chi connectivity index (χ4v) is 8.00. The van der Waals surface area contributed by atoms with Crippen LogP contribution in [0.2, 0.25) is 0 Å². The number of amides is 1. The maximum atomic E-state index is 10.7. The van der Waals surface area contributed by atoms with Crippen LogP contribution in [0, 0.1) is 0 Å². The number of halogens is 1. The number of oxazole rings is 1. The van der Waals surface area contributed by atoms with Crippen molar-refractivity contribution in [3.63, 3.8) is 0 Å². The number of anilines is 1. The van der Waals surface area contributed by atoms with Crippen molar-refractivity contribution in [3.05, 3.63) is 114 Å². The van der Waals surface area contributed by atoms with E-state index in [1.54, 1.807) is 0 Å². The second kappa shape index (κ2) is 11.4. The van der Waals surface area contributed by atoms with Gasteiger partial charge in [0.2, 0.25) is 6.41 Å². The molecule has 0 aliphatic carbocycles. The Morgan fingerprint density at radius 1 is 0.829 bits per heavy atom. The Hall–Kier alpha value is -3.27. The number of nitrogens with zero attached hydrogens (tertiary/aromatic N) is 2. The van der Waals surface area contributed by atoms with Crippen molar-refractivity contribution in [2.45, 2.75) is 6.92 Å². The van der Waals surface area contributed by atoms with Crippen LogP contribution in [-0.4, -0.2) is 24.6 Å². The fourth-order valence-electron chi connectivity index (χ4n) is 4.08. The molecule has 5 aromatic rings. The summed E-state index contributed by atoms with van der Waals surface area (Å²) in [6.07, 6.45) is 0.708. The summed E-state index contributed by atoms with van der Waals surface area (Å²) in [5.41, 5.74) is 1.41. The first-order chi connectivity index (χ1) is 17.1. The first kappa shape index (κ1) is 24.8. The molecule has 4 nitrogen and oxygen atoms in total. The van der Waals surface area contributed by atoms with Crippen LogP contribution >= 0.6 is 23.2 Å². The number of aromatic nitrogens is 1. The molecule has 1 amide bonds. The van der Waals surface area contributed by atoms with Crippen molar-refractivity contribution in [1.29, 1.82) is 0 Å². The Kier molecular flexibility index (Phi) is 8.12. The third-order valence-corrected chi connectivity index (χ3v) is 11.1.